The molecule has 8 aliphatic carbocycles. The minimum absolute atomic E-state index is 0. The number of rotatable bonds is 33. The van der Waals surface area contributed by atoms with E-state index < -0.39 is 13.7 Å². The van der Waals surface area contributed by atoms with Gasteiger partial charge in [0.05, 0.1) is 73.3 Å². The average Bonchev–Trinajstić information content (AvgIpc) is 1.70. The van der Waals surface area contributed by atoms with Gasteiger partial charge in [-0.2, -0.15) is 0 Å². The van der Waals surface area contributed by atoms with E-state index in [-0.39, 0.29) is 79.0 Å². The van der Waals surface area contributed by atoms with E-state index in [2.05, 4.69) is 104 Å². The van der Waals surface area contributed by atoms with Gasteiger partial charge in [0.25, 0.3) is 0 Å². The zero-order chi connectivity index (χ0) is 70.9. The summed E-state index contributed by atoms with van der Waals surface area (Å²) in [5, 5.41) is 24.7. The first-order chi connectivity index (χ1) is 45.2. The van der Waals surface area contributed by atoms with Crippen LogP contribution < -0.4 is 34.6 Å². The van der Waals surface area contributed by atoms with Gasteiger partial charge in [-0.15, -0.1) is 0 Å². The third-order valence-electron chi connectivity index (χ3n) is 26.6. The second-order valence-electron chi connectivity index (χ2n) is 33.8. The Balaban J connectivity index is 0.000000319. The van der Waals surface area contributed by atoms with Crippen LogP contribution in [0.5, 0.6) is 0 Å². The number of ether oxygens (including phenoxy) is 3. The van der Waals surface area contributed by atoms with Gasteiger partial charge < -0.3 is 81.6 Å². The van der Waals surface area contributed by atoms with Gasteiger partial charge >= 0.3 is 25.9 Å². The summed E-state index contributed by atoms with van der Waals surface area (Å²) >= 11 is 9.86. The Bertz CT molecular complexity index is 2580. The number of halogens is 3. The first-order valence-corrected chi connectivity index (χ1v) is 43.8. The minimum Gasteiger partial charge on any atom is -1.00 e. The molecule has 0 spiro atoms. The number of carbonyl (C=O) groups is 2. The Morgan fingerprint density at radius 3 is 1.36 bits per heavy atom. The number of likely N-dealkylation sites (N-methyl/N-ethyl adjacent to an activating group) is 2. The van der Waals surface area contributed by atoms with Crippen molar-refractivity contribution in [3.05, 3.63) is 23.3 Å². The summed E-state index contributed by atoms with van der Waals surface area (Å²) in [6.45, 7) is 36.5. The smallest absolute Gasteiger partial charge is 0.407 e. The monoisotopic (exact) mass is 1560 g/mol. The number of hydrogen-bond donors (Lipinski definition) is 4. The van der Waals surface area contributed by atoms with Gasteiger partial charge in [0.2, 0.25) is 0 Å². The van der Waals surface area contributed by atoms with Crippen LogP contribution in [-0.4, -0.2) is 163 Å². The fraction of sp³-hybridized carbons (Fsp3) is 0.921. The lowest BCUT2D eigenvalue weighted by molar-refractivity contribution is -0.908. The van der Waals surface area contributed by atoms with E-state index in [0.29, 0.717) is 85.4 Å². The number of allylic oxidation sites excluding steroid dienone is 2. The number of amides is 2. The van der Waals surface area contributed by atoms with Crippen molar-refractivity contribution in [2.75, 3.05) is 120 Å². The Kier molecular flexibility index (Phi) is 35.2. The highest BCUT2D eigenvalue weighted by atomic mass is 127. The van der Waals surface area contributed by atoms with Crippen LogP contribution in [0.25, 0.3) is 0 Å². The molecule has 6 saturated carbocycles. The fourth-order valence-corrected chi connectivity index (χ4v) is 22.9. The Hall–Kier alpha value is -0.530. The van der Waals surface area contributed by atoms with Gasteiger partial charge in [0.1, 0.15) is 45.0 Å². The number of carbonyl (C=O) groups excluding carboxylic acids is 2. The minimum atomic E-state index is -3.22. The van der Waals surface area contributed by atoms with Gasteiger partial charge in [0.15, 0.2) is 0 Å². The maximum absolute atomic E-state index is 13.0. The van der Waals surface area contributed by atoms with Crippen LogP contribution in [0.15, 0.2) is 23.3 Å². The van der Waals surface area contributed by atoms with E-state index in [0.717, 1.165) is 116 Å². The van der Waals surface area contributed by atoms with Crippen molar-refractivity contribution >= 4 is 48.3 Å². The SMILES string of the molecule is CC(C)CCC[C@@H](C)[C@H]1CCC2[C@@H]3CC=C4C[C@@H](OC(=O)NCC[N+](C)(CCO)CCO)CC[C@]4(C)[C@@H]3CC[C@@]21C.CCOP(=O)(Cl)Cl.CCOP(C)(=O)OCC[N+](C)(CCNC(=O)O[C@H]1CC[C@@]2(C)C(=CC[C@H]3C4CC[C@H]([C@H](C)CCCC(C)C)[C@@]4(C)CC[C@H]32)C1)CCOC.[I-]. The van der Waals surface area contributed by atoms with E-state index >= 15 is 0 Å². The maximum atomic E-state index is 13.0. The number of quaternary nitrogens is 2. The molecular formula is C76H140Cl2IN4O12P2+. The molecule has 6 fully saturated rings. The number of hydrogen-bond acceptors (Lipinski definition) is 12. The predicted octanol–water partition coefficient (Wildman–Crippen LogP) is 15.3. The number of aliphatic hydroxyl groups excluding tert-OH is 2. The molecule has 8 aliphatic rings. The molecule has 16 nitrogen and oxygen atoms in total. The molecule has 0 aromatic heterocycles. The molecule has 4 N–H and O–H groups in total. The summed E-state index contributed by atoms with van der Waals surface area (Å²) < 4.78 is 56.1. The number of aliphatic hydroxyl groups is 2. The molecule has 97 heavy (non-hydrogen) atoms. The third-order valence-corrected chi connectivity index (χ3v) is 29.1. The van der Waals surface area contributed by atoms with Crippen LogP contribution in [0, 0.1) is 92.7 Å². The van der Waals surface area contributed by atoms with E-state index in [1.54, 1.807) is 25.2 Å². The summed E-state index contributed by atoms with van der Waals surface area (Å²) in [5.41, 5.74) is 4.63. The number of methoxy groups -OCH3 is 1. The summed E-state index contributed by atoms with van der Waals surface area (Å²) in [5.74, 6) is 10.0. The predicted molar refractivity (Wildman–Crippen MR) is 392 cm³/mol. The molecule has 18 atom stereocenters. The van der Waals surface area contributed by atoms with Crippen molar-refractivity contribution < 1.29 is 89.7 Å². The van der Waals surface area contributed by atoms with Gasteiger partial charge in [-0.3, -0.25) is 9.13 Å². The molecule has 0 bridgehead atoms. The largest absolute Gasteiger partial charge is 1.00 e. The van der Waals surface area contributed by atoms with Crippen LogP contribution in [-0.2, 0) is 36.9 Å². The molecule has 0 aliphatic heterocycles. The lowest BCUT2D eigenvalue weighted by atomic mass is 9.47. The summed E-state index contributed by atoms with van der Waals surface area (Å²) in [6, 6.07) is 0. The zero-order valence-corrected chi connectivity index (χ0v) is 69.1. The Labute approximate surface area is 617 Å². The molecular weight excluding hydrogens is 1420 g/mol. The first kappa shape index (κ1) is 87.1. The van der Waals surface area contributed by atoms with Crippen LogP contribution in [0.3, 0.4) is 0 Å². The average molecular weight is 1560 g/mol. The molecule has 0 radical (unpaired) electrons. The van der Waals surface area contributed by atoms with Crippen molar-refractivity contribution in [1.29, 1.82) is 0 Å². The number of nitrogens with zero attached hydrogens (tertiary/aromatic N) is 2. The summed E-state index contributed by atoms with van der Waals surface area (Å²) in [6.07, 6.45) is 29.0. The highest BCUT2D eigenvalue weighted by molar-refractivity contribution is 8.05. The van der Waals surface area contributed by atoms with E-state index in [4.69, 9.17) is 45.7 Å². The molecule has 566 valence electrons. The number of nitrogens with one attached hydrogen (secondary N) is 2. The third kappa shape index (κ3) is 24.0. The van der Waals surface area contributed by atoms with E-state index in [9.17, 15) is 28.9 Å². The van der Waals surface area contributed by atoms with E-state index in [1.165, 1.54) is 109 Å². The maximum Gasteiger partial charge on any atom is 0.407 e. The second kappa shape index (κ2) is 39.2. The van der Waals surface area contributed by atoms with Crippen molar-refractivity contribution in [2.24, 2.45) is 92.7 Å². The number of fused-ring (bicyclic) bond motifs is 10. The second-order valence-corrected chi connectivity index (χ2v) is 40.2. The topological polar surface area (TPSA) is 188 Å². The van der Waals surface area contributed by atoms with Crippen molar-refractivity contribution in [1.82, 2.24) is 10.6 Å². The molecule has 0 aromatic rings. The van der Waals surface area contributed by atoms with Crippen LogP contribution in [0.2, 0.25) is 0 Å². The molecule has 21 heteroatoms. The van der Waals surface area contributed by atoms with Gasteiger partial charge in [-0.05, 0) is 219 Å². The highest BCUT2D eigenvalue weighted by Crippen LogP contribution is 2.69. The molecule has 4 unspecified atom stereocenters. The van der Waals surface area contributed by atoms with Crippen molar-refractivity contribution in [3.63, 3.8) is 0 Å². The summed E-state index contributed by atoms with van der Waals surface area (Å²) in [4.78, 5) is 25.6. The van der Waals surface area contributed by atoms with Crippen LogP contribution in [0.4, 0.5) is 9.59 Å². The molecule has 8 rings (SSSR count). The van der Waals surface area contributed by atoms with Crippen LogP contribution >= 0.6 is 36.2 Å². The van der Waals surface area contributed by atoms with Crippen molar-refractivity contribution in [2.45, 2.75) is 237 Å². The van der Waals surface area contributed by atoms with Gasteiger partial charge in [-0.25, -0.2) is 9.59 Å². The lowest BCUT2D eigenvalue weighted by Gasteiger charge is -2.58. The molecule has 2 amide bonds. The summed E-state index contributed by atoms with van der Waals surface area (Å²) in [7, 11) is 2.75. The van der Waals surface area contributed by atoms with E-state index in [1.807, 2.05) is 14.0 Å². The lowest BCUT2D eigenvalue weighted by Crippen LogP contribution is -3.00. The standard InChI is InChI=1S/C39H71N2O6P.C35H62N2O4.C2H5Cl2O2P.HI/c1-10-45-48(9,43)46-27-25-41(7,24-26-44-8)23-22-40-37(42)47-32-18-20-38(5)31(28-32)14-15-33-35-17-16-34(30(4)13-11-12-29(2)3)39(35,6)21-19-36(33)38;1-25(2)8-7-9-26(3)30-12-13-31-29-11-10-27-24-28(14-16-34(27,4)32(29)15-17-35(30,31)5)41-33(40)36-18-19-37(6,20-22-38)21-23-39;1-2-6-7(3,4)5;/h14,29-30,32-36H,10-13,15-28H2,1-9H3;10,25-26,28-32,38-39H,7-9,11-24H2,1-6H3;2H2,1H3;1H/p+1/t30-,32+,33+,34-,35?,36-,38+,39-,41?,48?;26-,28+,29+,30-,31?,32-,34+,35-;;/m11../s1. The Morgan fingerprint density at radius 2 is 0.990 bits per heavy atom. The molecule has 0 saturated heterocycles. The molecule has 0 aromatic carbocycles. The zero-order valence-electron chi connectivity index (χ0n) is 63.6. The highest BCUT2D eigenvalue weighted by Gasteiger charge is 2.61. The molecule has 0 heterocycles. The fourth-order valence-electron chi connectivity index (χ4n) is 21.1. The van der Waals surface area contributed by atoms with Crippen molar-refractivity contribution in [3.8, 4) is 0 Å². The Morgan fingerprint density at radius 1 is 0.577 bits per heavy atom. The van der Waals surface area contributed by atoms with Gasteiger partial charge in [0, 0.05) is 26.6 Å². The van der Waals surface area contributed by atoms with Crippen LogP contribution in [0.1, 0.15) is 224 Å². The van der Waals surface area contributed by atoms with Gasteiger partial charge in [-0.1, -0.05) is 131 Å². The number of alkyl carbamates (subject to hydrolysis) is 2. The quantitative estimate of drug-likeness (QED) is 0.0211. The first-order valence-electron chi connectivity index (χ1n) is 38.3. The normalized spacial score (nSPS) is 33.1.